The van der Waals surface area contributed by atoms with Crippen LogP contribution >= 0.6 is 0 Å². The standard InChI is InChI=1S/C16H30N2O3/c1-13(21-12-15-7-3-4-9-20-15)16(19)18-8-5-6-14(11-18)10-17-2/h13-15,17H,3-12H2,1-2H3. The third-order valence-electron chi connectivity index (χ3n) is 4.48. The predicted molar refractivity (Wildman–Crippen MR) is 82.2 cm³/mol. The van der Waals surface area contributed by atoms with E-state index in [1.807, 2.05) is 18.9 Å². The largest absolute Gasteiger partial charge is 0.376 e. The molecule has 2 fully saturated rings. The van der Waals surface area contributed by atoms with Crippen molar-refractivity contribution in [2.45, 2.75) is 51.2 Å². The summed E-state index contributed by atoms with van der Waals surface area (Å²) in [5.41, 5.74) is 0. The third kappa shape index (κ3) is 5.24. The number of piperidine rings is 1. The van der Waals surface area contributed by atoms with Crippen molar-refractivity contribution in [2.75, 3.05) is 39.9 Å². The van der Waals surface area contributed by atoms with Crippen LogP contribution in [0.4, 0.5) is 0 Å². The van der Waals surface area contributed by atoms with Gasteiger partial charge < -0.3 is 19.7 Å². The Labute approximate surface area is 128 Å². The minimum Gasteiger partial charge on any atom is -0.376 e. The molecule has 1 N–H and O–H groups in total. The minimum absolute atomic E-state index is 0.131. The average Bonchev–Trinajstić information content (AvgIpc) is 2.53. The number of hydrogen-bond acceptors (Lipinski definition) is 4. The molecule has 0 aromatic heterocycles. The second kappa shape index (κ2) is 8.71. The van der Waals surface area contributed by atoms with Crippen LogP contribution in [0.1, 0.15) is 39.0 Å². The van der Waals surface area contributed by atoms with E-state index in [0.717, 1.165) is 45.5 Å². The van der Waals surface area contributed by atoms with Crippen molar-refractivity contribution in [3.05, 3.63) is 0 Å². The molecule has 0 aromatic rings. The van der Waals surface area contributed by atoms with E-state index < -0.39 is 0 Å². The summed E-state index contributed by atoms with van der Waals surface area (Å²) in [4.78, 5) is 14.4. The Morgan fingerprint density at radius 1 is 1.38 bits per heavy atom. The van der Waals surface area contributed by atoms with Crippen molar-refractivity contribution in [1.82, 2.24) is 10.2 Å². The number of hydrogen-bond donors (Lipinski definition) is 1. The minimum atomic E-state index is -0.358. The SMILES string of the molecule is CNCC1CCCN(C(=O)C(C)OCC2CCCCO2)C1. The van der Waals surface area contributed by atoms with Gasteiger partial charge in [0.1, 0.15) is 6.10 Å². The number of nitrogens with zero attached hydrogens (tertiary/aromatic N) is 1. The molecule has 21 heavy (non-hydrogen) atoms. The topological polar surface area (TPSA) is 50.8 Å². The van der Waals surface area contributed by atoms with E-state index in [4.69, 9.17) is 9.47 Å². The van der Waals surface area contributed by atoms with Gasteiger partial charge in [0.2, 0.25) is 0 Å². The monoisotopic (exact) mass is 298 g/mol. The molecule has 0 spiro atoms. The van der Waals surface area contributed by atoms with Gasteiger partial charge in [0.05, 0.1) is 12.7 Å². The molecule has 0 radical (unpaired) electrons. The van der Waals surface area contributed by atoms with Crippen molar-refractivity contribution < 1.29 is 14.3 Å². The summed E-state index contributed by atoms with van der Waals surface area (Å²) in [7, 11) is 1.97. The van der Waals surface area contributed by atoms with Gasteiger partial charge >= 0.3 is 0 Å². The van der Waals surface area contributed by atoms with Crippen LogP contribution < -0.4 is 5.32 Å². The van der Waals surface area contributed by atoms with Crippen molar-refractivity contribution in [3.8, 4) is 0 Å². The first-order chi connectivity index (χ1) is 10.2. The van der Waals surface area contributed by atoms with Crippen molar-refractivity contribution >= 4 is 5.91 Å². The summed E-state index contributed by atoms with van der Waals surface area (Å²) in [6, 6.07) is 0. The Hall–Kier alpha value is -0.650. The summed E-state index contributed by atoms with van der Waals surface area (Å²) in [6.07, 6.45) is 5.51. The smallest absolute Gasteiger partial charge is 0.251 e. The quantitative estimate of drug-likeness (QED) is 0.806. The fraction of sp³-hybridized carbons (Fsp3) is 0.938. The van der Waals surface area contributed by atoms with Gasteiger partial charge in [-0.25, -0.2) is 0 Å². The van der Waals surface area contributed by atoms with E-state index >= 15 is 0 Å². The van der Waals surface area contributed by atoms with E-state index in [1.54, 1.807) is 0 Å². The summed E-state index contributed by atoms with van der Waals surface area (Å²) in [6.45, 7) is 5.94. The molecule has 1 amide bonds. The molecule has 5 heteroatoms. The Morgan fingerprint density at radius 2 is 2.24 bits per heavy atom. The molecule has 0 aromatic carbocycles. The molecule has 0 bridgehead atoms. The molecule has 3 unspecified atom stereocenters. The van der Waals surface area contributed by atoms with Crippen LogP contribution in [0.15, 0.2) is 0 Å². The number of rotatable bonds is 6. The van der Waals surface area contributed by atoms with Crippen LogP contribution in [0, 0.1) is 5.92 Å². The zero-order valence-corrected chi connectivity index (χ0v) is 13.5. The highest BCUT2D eigenvalue weighted by Gasteiger charge is 2.27. The second-order valence-electron chi connectivity index (χ2n) is 6.31. The van der Waals surface area contributed by atoms with Crippen LogP contribution in [0.5, 0.6) is 0 Å². The zero-order chi connectivity index (χ0) is 15.1. The van der Waals surface area contributed by atoms with E-state index in [0.29, 0.717) is 12.5 Å². The Kier molecular flexibility index (Phi) is 6.93. The number of amides is 1. The average molecular weight is 298 g/mol. The molecular weight excluding hydrogens is 268 g/mol. The third-order valence-corrected chi connectivity index (χ3v) is 4.48. The number of ether oxygens (including phenoxy) is 2. The van der Waals surface area contributed by atoms with Crippen LogP contribution in [0.2, 0.25) is 0 Å². The van der Waals surface area contributed by atoms with Gasteiger partial charge in [-0.05, 0) is 58.5 Å². The van der Waals surface area contributed by atoms with Crippen molar-refractivity contribution in [3.63, 3.8) is 0 Å². The maximum Gasteiger partial charge on any atom is 0.251 e. The van der Waals surface area contributed by atoms with E-state index in [1.165, 1.54) is 12.8 Å². The maximum absolute atomic E-state index is 12.5. The zero-order valence-electron chi connectivity index (χ0n) is 13.5. The van der Waals surface area contributed by atoms with Crippen LogP contribution in [-0.2, 0) is 14.3 Å². The second-order valence-corrected chi connectivity index (χ2v) is 6.31. The molecule has 2 saturated heterocycles. The first kappa shape index (κ1) is 16.7. The van der Waals surface area contributed by atoms with Crippen LogP contribution in [0.25, 0.3) is 0 Å². The molecule has 2 rings (SSSR count). The normalized spacial score (nSPS) is 28.4. The molecule has 2 heterocycles. The van der Waals surface area contributed by atoms with E-state index in [-0.39, 0.29) is 18.1 Å². The van der Waals surface area contributed by atoms with Gasteiger partial charge in [0, 0.05) is 19.7 Å². The van der Waals surface area contributed by atoms with Crippen molar-refractivity contribution in [1.29, 1.82) is 0 Å². The molecule has 5 nitrogen and oxygen atoms in total. The lowest BCUT2D eigenvalue weighted by atomic mass is 9.97. The van der Waals surface area contributed by atoms with Crippen molar-refractivity contribution in [2.24, 2.45) is 5.92 Å². The highest BCUT2D eigenvalue weighted by molar-refractivity contribution is 5.80. The highest BCUT2D eigenvalue weighted by atomic mass is 16.5. The number of carbonyl (C=O) groups is 1. The Morgan fingerprint density at radius 3 is 2.95 bits per heavy atom. The molecule has 0 aliphatic carbocycles. The highest BCUT2D eigenvalue weighted by Crippen LogP contribution is 2.18. The summed E-state index contributed by atoms with van der Waals surface area (Å²) in [5, 5.41) is 3.21. The molecule has 2 aliphatic rings. The molecule has 122 valence electrons. The molecule has 2 aliphatic heterocycles. The Balaban J connectivity index is 1.73. The Bertz CT molecular complexity index is 317. The van der Waals surface area contributed by atoms with Crippen LogP contribution in [0.3, 0.4) is 0 Å². The van der Waals surface area contributed by atoms with E-state index in [9.17, 15) is 4.79 Å². The van der Waals surface area contributed by atoms with Gasteiger partial charge in [-0.15, -0.1) is 0 Å². The lowest BCUT2D eigenvalue weighted by Gasteiger charge is -2.34. The van der Waals surface area contributed by atoms with Gasteiger partial charge in [-0.2, -0.15) is 0 Å². The molecular formula is C16H30N2O3. The van der Waals surface area contributed by atoms with Crippen LogP contribution in [-0.4, -0.2) is 62.9 Å². The summed E-state index contributed by atoms with van der Waals surface area (Å²) >= 11 is 0. The predicted octanol–water partition coefficient (Wildman–Crippen LogP) is 1.42. The lowest BCUT2D eigenvalue weighted by Crippen LogP contribution is -2.47. The number of nitrogens with one attached hydrogen (secondary N) is 1. The fourth-order valence-corrected chi connectivity index (χ4v) is 3.24. The van der Waals surface area contributed by atoms with Gasteiger partial charge in [0.25, 0.3) is 5.91 Å². The number of likely N-dealkylation sites (tertiary alicyclic amines) is 1. The first-order valence-corrected chi connectivity index (χ1v) is 8.37. The lowest BCUT2D eigenvalue weighted by molar-refractivity contribution is -0.147. The summed E-state index contributed by atoms with van der Waals surface area (Å²) < 4.78 is 11.4. The molecule has 3 atom stereocenters. The maximum atomic E-state index is 12.5. The summed E-state index contributed by atoms with van der Waals surface area (Å²) in [5.74, 6) is 0.702. The first-order valence-electron chi connectivity index (χ1n) is 8.37. The van der Waals surface area contributed by atoms with Gasteiger partial charge in [0.15, 0.2) is 0 Å². The van der Waals surface area contributed by atoms with Gasteiger partial charge in [-0.1, -0.05) is 0 Å². The number of carbonyl (C=O) groups excluding carboxylic acids is 1. The van der Waals surface area contributed by atoms with E-state index in [2.05, 4.69) is 5.32 Å². The van der Waals surface area contributed by atoms with Gasteiger partial charge in [-0.3, -0.25) is 4.79 Å². The fourth-order valence-electron chi connectivity index (χ4n) is 3.24. The molecule has 0 saturated carbocycles.